The van der Waals surface area contributed by atoms with Crippen molar-refractivity contribution < 1.29 is 30.8 Å². The highest BCUT2D eigenvalue weighted by molar-refractivity contribution is 7.91. The van der Waals surface area contributed by atoms with Gasteiger partial charge in [-0.15, -0.1) is 11.3 Å². The van der Waals surface area contributed by atoms with Crippen molar-refractivity contribution in [3.8, 4) is 11.1 Å². The zero-order valence-corrected chi connectivity index (χ0v) is 25.2. The number of hydrogen-bond acceptors (Lipinski definition) is 8. The van der Waals surface area contributed by atoms with Gasteiger partial charge in [-0.25, -0.2) is 31.3 Å². The summed E-state index contributed by atoms with van der Waals surface area (Å²) < 4.78 is 64.1. The second-order valence-electron chi connectivity index (χ2n) is 9.81. The third-order valence-corrected chi connectivity index (χ3v) is 10.4. The van der Waals surface area contributed by atoms with Crippen LogP contribution in [-0.4, -0.2) is 45.8 Å². The molecule has 3 aromatic carbocycles. The molecule has 0 bridgehead atoms. The highest BCUT2D eigenvalue weighted by Crippen LogP contribution is 2.35. The number of thiazole rings is 1. The van der Waals surface area contributed by atoms with Crippen molar-refractivity contribution in [3.63, 3.8) is 0 Å². The van der Waals surface area contributed by atoms with Crippen LogP contribution in [0.3, 0.4) is 0 Å². The number of fused-ring (bicyclic) bond motifs is 1. The summed E-state index contributed by atoms with van der Waals surface area (Å²) >= 11 is 1.02. The van der Waals surface area contributed by atoms with E-state index in [2.05, 4.69) is 10.3 Å². The van der Waals surface area contributed by atoms with Gasteiger partial charge in [0.05, 0.1) is 21.7 Å². The molecule has 1 atom stereocenters. The van der Waals surface area contributed by atoms with E-state index in [9.17, 15) is 30.8 Å². The predicted octanol–water partition coefficient (Wildman–Crippen LogP) is 4.54. The molecule has 0 aliphatic carbocycles. The van der Waals surface area contributed by atoms with E-state index in [1.54, 1.807) is 18.2 Å². The first-order valence-corrected chi connectivity index (χ1v) is 17.4. The Hall–Kier alpha value is -3.52. The number of sulfonamides is 1. The van der Waals surface area contributed by atoms with Gasteiger partial charge in [-0.3, -0.25) is 9.59 Å². The summed E-state index contributed by atoms with van der Waals surface area (Å²) in [4.78, 5) is 30.0. The van der Waals surface area contributed by atoms with Crippen LogP contribution in [0.15, 0.2) is 66.7 Å². The van der Waals surface area contributed by atoms with Gasteiger partial charge in [-0.05, 0) is 47.4 Å². The highest BCUT2D eigenvalue weighted by Gasteiger charge is 2.37. The number of unbranched alkanes of at least 4 members (excludes halogenated alkanes) is 1. The maximum absolute atomic E-state index is 13.8. The molecule has 42 heavy (non-hydrogen) atoms. The van der Waals surface area contributed by atoms with E-state index in [0.717, 1.165) is 41.4 Å². The van der Waals surface area contributed by atoms with Crippen LogP contribution in [0, 0.1) is 5.82 Å². The first kappa shape index (κ1) is 31.4. The monoisotopic (exact) mass is 631 g/mol. The highest BCUT2D eigenvalue weighted by atomic mass is 32.2. The lowest BCUT2D eigenvalue weighted by molar-refractivity contribution is -0.120. The number of hydrogen-bond donors (Lipinski definition) is 2. The Morgan fingerprint density at radius 1 is 1.00 bits per heavy atom. The molecule has 13 heteroatoms. The molecule has 9 nitrogen and oxygen atoms in total. The number of rotatable bonds is 13. The van der Waals surface area contributed by atoms with Crippen LogP contribution >= 0.6 is 11.3 Å². The lowest BCUT2D eigenvalue weighted by atomic mass is 10.0. The van der Waals surface area contributed by atoms with Crippen LogP contribution in [-0.2, 0) is 30.4 Å². The minimum atomic E-state index is -4.28. The number of nitrogens with two attached hydrogens (primary N) is 1. The largest absolute Gasteiger partial charge is 0.354 e. The Bertz CT molecular complexity index is 1820. The van der Waals surface area contributed by atoms with Gasteiger partial charge in [0.15, 0.2) is 20.9 Å². The van der Waals surface area contributed by atoms with Gasteiger partial charge >= 0.3 is 0 Å². The summed E-state index contributed by atoms with van der Waals surface area (Å²) in [5, 5.41) is 5.57. The zero-order valence-electron chi connectivity index (χ0n) is 22.7. The average molecular weight is 632 g/mol. The van der Waals surface area contributed by atoms with Gasteiger partial charge in [-0.2, -0.15) is 0 Å². The molecule has 1 aromatic heterocycles. The molecule has 1 heterocycles. The Morgan fingerprint density at radius 3 is 2.38 bits per heavy atom. The minimum absolute atomic E-state index is 0.0106. The SMILES string of the molecule is CCCCC(=O)c1ccc(-c2ccc3nc(C(C(=O)NCCS(N)(=O)=O)S(=O)(=O)Cc4cccc(F)c4)sc3c2)cc1. The Labute approximate surface area is 248 Å². The Morgan fingerprint density at radius 2 is 1.71 bits per heavy atom. The topological polar surface area (TPSA) is 153 Å². The fraction of sp³-hybridized carbons (Fsp3) is 0.276. The van der Waals surface area contributed by atoms with Crippen LogP contribution in [0.25, 0.3) is 21.3 Å². The lowest BCUT2D eigenvalue weighted by Crippen LogP contribution is -2.37. The van der Waals surface area contributed by atoms with Crippen molar-refractivity contribution in [3.05, 3.63) is 88.7 Å². The van der Waals surface area contributed by atoms with Gasteiger partial charge < -0.3 is 5.32 Å². The van der Waals surface area contributed by atoms with E-state index in [1.165, 1.54) is 18.2 Å². The van der Waals surface area contributed by atoms with E-state index in [4.69, 9.17) is 5.14 Å². The maximum Gasteiger partial charge on any atom is 0.245 e. The van der Waals surface area contributed by atoms with Gasteiger partial charge in [0.1, 0.15) is 10.8 Å². The predicted molar refractivity (Wildman–Crippen MR) is 162 cm³/mol. The lowest BCUT2D eigenvalue weighted by Gasteiger charge is -2.15. The first-order chi connectivity index (χ1) is 19.9. The van der Waals surface area contributed by atoms with Crippen molar-refractivity contribution in [2.75, 3.05) is 12.3 Å². The number of carbonyl (C=O) groups excluding carboxylic acids is 2. The van der Waals surface area contributed by atoms with Crippen molar-refractivity contribution in [2.45, 2.75) is 37.2 Å². The molecule has 4 rings (SSSR count). The molecule has 1 amide bonds. The number of benzene rings is 3. The summed E-state index contributed by atoms with van der Waals surface area (Å²) in [6, 6.07) is 17.6. The second kappa shape index (κ2) is 13.2. The standard InChI is InChI=1S/C29H30FN3O6S3/c1-2-3-7-25(34)21-10-8-20(9-11-21)22-12-13-24-26(17-22)40-29(33-24)27(28(35)32-14-15-42(31,38)39)41(36,37)18-19-5-4-6-23(30)16-19/h4-6,8-13,16-17,27H,2-3,7,14-15,18H2,1H3,(H,32,35)(H2,31,38,39). The molecule has 0 fully saturated rings. The van der Waals surface area contributed by atoms with Crippen LogP contribution < -0.4 is 10.5 Å². The minimum Gasteiger partial charge on any atom is -0.354 e. The third kappa shape index (κ3) is 8.06. The number of primary sulfonamides is 1. The number of nitrogens with zero attached hydrogens (tertiary/aromatic N) is 1. The Kier molecular flexibility index (Phi) is 9.87. The number of ketones is 1. The molecule has 3 N–H and O–H groups in total. The summed E-state index contributed by atoms with van der Waals surface area (Å²) in [5.41, 5.74) is 2.90. The van der Waals surface area contributed by atoms with Gasteiger partial charge in [0.25, 0.3) is 0 Å². The molecule has 0 saturated heterocycles. The quantitative estimate of drug-likeness (QED) is 0.206. The average Bonchev–Trinajstić information content (AvgIpc) is 3.33. The van der Waals surface area contributed by atoms with Crippen LogP contribution in [0.1, 0.15) is 52.4 Å². The molecule has 0 aliphatic heterocycles. The zero-order chi connectivity index (χ0) is 30.5. The Balaban J connectivity index is 1.66. The summed E-state index contributed by atoms with van der Waals surface area (Å²) in [6.45, 7) is 1.63. The van der Waals surface area contributed by atoms with Crippen LogP contribution in [0.4, 0.5) is 4.39 Å². The summed E-state index contributed by atoms with van der Waals surface area (Å²) in [6.07, 6.45) is 2.25. The van der Waals surface area contributed by atoms with Crippen molar-refractivity contribution >= 4 is 53.1 Å². The smallest absolute Gasteiger partial charge is 0.245 e. The number of sulfone groups is 1. The molecule has 1 unspecified atom stereocenters. The summed E-state index contributed by atoms with van der Waals surface area (Å²) in [5.74, 6) is -2.72. The number of amides is 1. The van der Waals surface area contributed by atoms with E-state index in [1.807, 2.05) is 31.2 Å². The second-order valence-corrected chi connectivity index (χ2v) is 14.7. The number of aromatic nitrogens is 1. The molecule has 0 aliphatic rings. The maximum atomic E-state index is 13.8. The molecule has 0 spiro atoms. The van der Waals surface area contributed by atoms with E-state index in [-0.39, 0.29) is 16.4 Å². The fourth-order valence-electron chi connectivity index (χ4n) is 4.34. The van der Waals surface area contributed by atoms with Gasteiger partial charge in [0, 0.05) is 18.5 Å². The van der Waals surface area contributed by atoms with E-state index < -0.39 is 54.9 Å². The third-order valence-electron chi connectivity index (χ3n) is 6.47. The van der Waals surface area contributed by atoms with E-state index in [0.29, 0.717) is 22.2 Å². The van der Waals surface area contributed by atoms with Gasteiger partial charge in [-0.1, -0.05) is 55.8 Å². The molecule has 0 saturated carbocycles. The van der Waals surface area contributed by atoms with Gasteiger partial charge in [0.2, 0.25) is 15.9 Å². The van der Waals surface area contributed by atoms with E-state index >= 15 is 0 Å². The first-order valence-electron chi connectivity index (χ1n) is 13.1. The van der Waals surface area contributed by atoms with Crippen molar-refractivity contribution in [2.24, 2.45) is 5.14 Å². The van der Waals surface area contributed by atoms with Crippen LogP contribution in [0.2, 0.25) is 0 Å². The van der Waals surface area contributed by atoms with Crippen molar-refractivity contribution in [1.29, 1.82) is 0 Å². The number of halogens is 1. The molecular formula is C29H30FN3O6S3. The molecule has 222 valence electrons. The van der Waals surface area contributed by atoms with Crippen molar-refractivity contribution in [1.82, 2.24) is 10.3 Å². The number of Topliss-reactive ketones (excluding diaryl/α,β-unsaturated/α-hetero) is 1. The molecular weight excluding hydrogens is 602 g/mol. The number of carbonyl (C=O) groups is 2. The molecule has 4 aromatic rings. The number of nitrogens with one attached hydrogen (secondary N) is 1. The normalized spacial score (nSPS) is 12.7. The van der Waals surface area contributed by atoms with Crippen LogP contribution in [0.5, 0.6) is 0 Å². The fourth-order valence-corrected chi connectivity index (χ4v) is 7.88. The molecule has 0 radical (unpaired) electrons. The summed E-state index contributed by atoms with van der Waals surface area (Å²) in [7, 11) is -8.18.